The molecule has 0 aliphatic carbocycles. The summed E-state index contributed by atoms with van der Waals surface area (Å²) in [6.07, 6.45) is -0.597. The number of rotatable bonds is 8. The van der Waals surface area contributed by atoms with Gasteiger partial charge in [-0.1, -0.05) is 24.0 Å². The van der Waals surface area contributed by atoms with E-state index in [4.69, 9.17) is 9.94 Å². The minimum atomic E-state index is -3.12. The van der Waals surface area contributed by atoms with E-state index < -0.39 is 29.9 Å². The number of amides is 2. The molecule has 1 fully saturated rings. The smallest absolute Gasteiger partial charge is 0.269 e. The van der Waals surface area contributed by atoms with Gasteiger partial charge in [-0.2, -0.15) is 0 Å². The molecular weight excluding hydrogens is 480 g/mol. The van der Waals surface area contributed by atoms with Crippen LogP contribution in [0.2, 0.25) is 0 Å². The number of likely N-dealkylation sites (tertiary alicyclic amines) is 1. The molecule has 2 amide bonds. The molecule has 0 bridgehead atoms. The fraction of sp³-hybridized carbons (Fsp3) is 0.357. The zero-order valence-corrected chi connectivity index (χ0v) is 20.7. The van der Waals surface area contributed by atoms with Crippen LogP contribution in [0.15, 0.2) is 48.5 Å². The lowest BCUT2D eigenvalue weighted by Crippen LogP contribution is -2.62. The Morgan fingerprint density at radius 2 is 1.57 bits per heavy atom. The highest BCUT2D eigenvalue weighted by molar-refractivity contribution is 5.97. The van der Waals surface area contributed by atoms with Crippen molar-refractivity contribution >= 4 is 11.8 Å². The predicted octanol–water partition coefficient (Wildman–Crippen LogP) is 2.96. The van der Waals surface area contributed by atoms with Crippen LogP contribution >= 0.6 is 0 Å². The van der Waals surface area contributed by atoms with Gasteiger partial charge in [0.2, 0.25) is 0 Å². The maximum absolute atomic E-state index is 13.5. The number of alkyl halides is 2. The number of hydrogen-bond acceptors (Lipinski definition) is 5. The zero-order valence-electron chi connectivity index (χ0n) is 20.7. The number of methoxy groups -OCH3 is 1. The molecule has 0 radical (unpaired) electrons. The normalized spacial score (nSPS) is 15.5. The maximum atomic E-state index is 13.5. The summed E-state index contributed by atoms with van der Waals surface area (Å²) in [6.45, 7) is 4.21. The molecule has 2 atom stereocenters. The number of carbonyl (C=O) groups is 2. The molecule has 1 aliphatic heterocycles. The zero-order chi connectivity index (χ0) is 26.8. The molecular formula is C28H29F2N3O4. The Balaban J connectivity index is 1.61. The second kappa shape index (κ2) is 13.0. The summed E-state index contributed by atoms with van der Waals surface area (Å²) in [5, 5.41) is 11.1. The van der Waals surface area contributed by atoms with Gasteiger partial charge in [-0.3, -0.25) is 19.7 Å². The van der Waals surface area contributed by atoms with E-state index in [2.05, 4.69) is 46.0 Å². The van der Waals surface area contributed by atoms with Gasteiger partial charge < -0.3 is 10.1 Å². The third-order valence-corrected chi connectivity index (χ3v) is 6.28. The Morgan fingerprint density at radius 1 is 1.03 bits per heavy atom. The minimum Gasteiger partial charge on any atom is -0.370 e. The Kier molecular flexibility index (Phi) is 9.76. The molecule has 1 saturated heterocycles. The molecule has 0 aromatic heterocycles. The summed E-state index contributed by atoms with van der Waals surface area (Å²) in [5.41, 5.74) is 1.73. The van der Waals surface area contributed by atoms with Crippen molar-refractivity contribution in [3.63, 3.8) is 0 Å². The van der Waals surface area contributed by atoms with Crippen LogP contribution in [0, 0.1) is 23.7 Å². The molecule has 2 unspecified atom stereocenters. The van der Waals surface area contributed by atoms with Crippen molar-refractivity contribution in [3.05, 3.63) is 70.8 Å². The van der Waals surface area contributed by atoms with Gasteiger partial charge >= 0.3 is 0 Å². The lowest BCUT2D eigenvalue weighted by Gasteiger charge is -2.34. The molecule has 194 valence electrons. The van der Waals surface area contributed by atoms with Crippen molar-refractivity contribution in [2.24, 2.45) is 0 Å². The summed E-state index contributed by atoms with van der Waals surface area (Å²) in [4.78, 5) is 27.0. The highest BCUT2D eigenvalue weighted by atomic mass is 19.3. The number of carbonyl (C=O) groups excluding carboxylic acids is 2. The fourth-order valence-electron chi connectivity index (χ4n) is 3.89. The van der Waals surface area contributed by atoms with E-state index in [0.717, 1.165) is 39.2 Å². The number of hydroxylamine groups is 1. The average Bonchev–Trinajstić information content (AvgIpc) is 3.43. The van der Waals surface area contributed by atoms with E-state index in [1.54, 1.807) is 12.1 Å². The number of hydrogen-bond donors (Lipinski definition) is 3. The summed E-state index contributed by atoms with van der Waals surface area (Å²) >= 11 is 0. The number of benzene rings is 2. The van der Waals surface area contributed by atoms with Gasteiger partial charge in [0.05, 0.1) is 0 Å². The maximum Gasteiger partial charge on any atom is 0.269 e. The van der Waals surface area contributed by atoms with Crippen LogP contribution in [-0.2, 0) is 16.1 Å². The molecule has 0 saturated carbocycles. The second-order valence-electron chi connectivity index (χ2n) is 8.83. The lowest BCUT2D eigenvalue weighted by molar-refractivity contribution is -0.157. The first-order chi connectivity index (χ1) is 17.8. The first-order valence-electron chi connectivity index (χ1n) is 11.8. The van der Waals surface area contributed by atoms with Crippen LogP contribution in [0.1, 0.15) is 46.8 Å². The first kappa shape index (κ1) is 27.8. The second-order valence-corrected chi connectivity index (χ2v) is 8.83. The van der Waals surface area contributed by atoms with Crippen LogP contribution < -0.4 is 10.8 Å². The average molecular weight is 510 g/mol. The van der Waals surface area contributed by atoms with E-state index in [9.17, 15) is 18.4 Å². The Bertz CT molecular complexity index is 1200. The van der Waals surface area contributed by atoms with Crippen molar-refractivity contribution in [2.45, 2.75) is 44.4 Å². The molecule has 2 aromatic carbocycles. The van der Waals surface area contributed by atoms with Gasteiger partial charge in [0, 0.05) is 30.3 Å². The van der Waals surface area contributed by atoms with Crippen molar-refractivity contribution in [2.75, 3.05) is 20.2 Å². The van der Waals surface area contributed by atoms with Crippen LogP contribution in [-0.4, -0.2) is 60.2 Å². The summed E-state index contributed by atoms with van der Waals surface area (Å²) < 4.78 is 31.8. The predicted molar refractivity (Wildman–Crippen MR) is 134 cm³/mol. The third kappa shape index (κ3) is 7.37. The SMILES string of the molecule is COC(C)(C(F)F)C(NC(=O)c1ccc(C#CC#Cc2ccc(CN3CCCC3)cc2)cc1)C(=O)NO. The number of ether oxygens (including phenoxy) is 1. The molecule has 1 aliphatic rings. The quantitative estimate of drug-likeness (QED) is 0.289. The summed E-state index contributed by atoms with van der Waals surface area (Å²) in [6, 6.07) is 12.3. The van der Waals surface area contributed by atoms with Crippen molar-refractivity contribution in [1.82, 2.24) is 15.7 Å². The standard InChI is InChI=1S/C28H29F2N3O4/c1-28(37-2,27(29)30)24(26(35)32-36)31-25(34)23-15-13-21(14-16-23)8-4-3-7-20-9-11-22(12-10-20)19-33-17-5-6-18-33/h9-16,24,27,36H,5-6,17-19H2,1-2H3,(H,31,34)(H,32,35). The highest BCUT2D eigenvalue weighted by Crippen LogP contribution is 2.24. The Labute approximate surface area is 215 Å². The molecule has 37 heavy (non-hydrogen) atoms. The van der Waals surface area contributed by atoms with Gasteiger partial charge in [0.15, 0.2) is 5.60 Å². The van der Waals surface area contributed by atoms with Crippen LogP contribution in [0.5, 0.6) is 0 Å². The highest BCUT2D eigenvalue weighted by Gasteiger charge is 2.48. The van der Waals surface area contributed by atoms with Gasteiger partial charge in [0.1, 0.15) is 6.04 Å². The van der Waals surface area contributed by atoms with Gasteiger partial charge in [-0.25, -0.2) is 14.3 Å². The largest absolute Gasteiger partial charge is 0.370 e. The topological polar surface area (TPSA) is 90.9 Å². The lowest BCUT2D eigenvalue weighted by atomic mass is 9.95. The Hall–Kier alpha value is -3.76. The summed E-state index contributed by atoms with van der Waals surface area (Å²) in [5.74, 6) is 9.41. The van der Waals surface area contributed by atoms with Gasteiger partial charge in [-0.05, 0) is 86.7 Å². The minimum absolute atomic E-state index is 0.106. The first-order valence-corrected chi connectivity index (χ1v) is 11.8. The van der Waals surface area contributed by atoms with Crippen LogP contribution in [0.25, 0.3) is 0 Å². The molecule has 0 spiro atoms. The van der Waals surface area contributed by atoms with Gasteiger partial charge in [0.25, 0.3) is 18.2 Å². The van der Waals surface area contributed by atoms with E-state index in [1.807, 2.05) is 12.1 Å². The molecule has 1 heterocycles. The molecule has 3 rings (SSSR count). The van der Waals surface area contributed by atoms with Gasteiger partial charge in [-0.15, -0.1) is 0 Å². The summed E-state index contributed by atoms with van der Waals surface area (Å²) in [7, 11) is 0.983. The van der Waals surface area contributed by atoms with Crippen molar-refractivity contribution in [1.29, 1.82) is 0 Å². The molecule has 3 N–H and O–H groups in total. The van der Waals surface area contributed by atoms with E-state index in [1.165, 1.54) is 36.0 Å². The van der Waals surface area contributed by atoms with Crippen molar-refractivity contribution < 1.29 is 28.3 Å². The van der Waals surface area contributed by atoms with Crippen LogP contribution in [0.3, 0.4) is 0 Å². The molecule has 7 nitrogen and oxygen atoms in total. The fourth-order valence-corrected chi connectivity index (χ4v) is 3.89. The Morgan fingerprint density at radius 3 is 2.05 bits per heavy atom. The van der Waals surface area contributed by atoms with Crippen molar-refractivity contribution in [3.8, 4) is 23.7 Å². The third-order valence-electron chi connectivity index (χ3n) is 6.28. The number of nitrogens with one attached hydrogen (secondary N) is 2. The number of nitrogens with zero attached hydrogens (tertiary/aromatic N) is 1. The van der Waals surface area contributed by atoms with E-state index >= 15 is 0 Å². The van der Waals surface area contributed by atoms with E-state index in [-0.39, 0.29) is 5.56 Å². The van der Waals surface area contributed by atoms with E-state index in [0.29, 0.717) is 5.56 Å². The van der Waals surface area contributed by atoms with Crippen LogP contribution in [0.4, 0.5) is 8.78 Å². The number of halogens is 2. The monoisotopic (exact) mass is 509 g/mol. The molecule has 9 heteroatoms. The molecule has 2 aromatic rings.